The van der Waals surface area contributed by atoms with Crippen molar-refractivity contribution in [3.8, 4) is 0 Å². The van der Waals surface area contributed by atoms with E-state index in [2.05, 4.69) is 5.73 Å². The van der Waals surface area contributed by atoms with E-state index in [0.717, 1.165) is 0 Å². The quantitative estimate of drug-likeness (QED) is 0.350. The van der Waals surface area contributed by atoms with E-state index < -0.39 is 11.9 Å². The Morgan fingerprint density at radius 3 is 1.18 bits per heavy atom. The Hall–Kier alpha value is -1.63. The summed E-state index contributed by atoms with van der Waals surface area (Å²) in [6.07, 6.45) is 0. The molecule has 0 aliphatic rings. The van der Waals surface area contributed by atoms with Gasteiger partial charge in [0.2, 0.25) is 5.91 Å². The Morgan fingerprint density at radius 1 is 1.09 bits per heavy atom. The standard InChI is InChI=1S/C2H5NO.C2H2O4.H2O/c1-2(3)4;3-1(4)2(5)6;/h1H3,(H2,3,4);(H,3,4)(H,5,6);1H2. The van der Waals surface area contributed by atoms with Crippen LogP contribution < -0.4 is 5.73 Å². The van der Waals surface area contributed by atoms with Crippen molar-refractivity contribution in [3.05, 3.63) is 0 Å². The van der Waals surface area contributed by atoms with Crippen molar-refractivity contribution < 1.29 is 30.1 Å². The van der Waals surface area contributed by atoms with Crippen LogP contribution in [0.1, 0.15) is 6.92 Å². The Kier molecular flexibility index (Phi) is 12.3. The monoisotopic (exact) mass is 167 g/mol. The number of primary amides is 1. The van der Waals surface area contributed by atoms with Crippen LogP contribution in [0.25, 0.3) is 0 Å². The fraction of sp³-hybridized carbons (Fsp3) is 0.250. The zero-order valence-electron chi connectivity index (χ0n) is 5.70. The maximum absolute atomic E-state index is 9.22. The van der Waals surface area contributed by atoms with E-state index in [1.807, 2.05) is 0 Å². The maximum atomic E-state index is 9.22. The van der Waals surface area contributed by atoms with Crippen LogP contribution in [0.4, 0.5) is 0 Å². The minimum Gasteiger partial charge on any atom is -0.473 e. The third-order valence-corrected chi connectivity index (χ3v) is 0.183. The zero-order valence-corrected chi connectivity index (χ0v) is 5.70. The van der Waals surface area contributed by atoms with Gasteiger partial charge in [-0.15, -0.1) is 0 Å². The van der Waals surface area contributed by atoms with Gasteiger partial charge >= 0.3 is 11.9 Å². The van der Waals surface area contributed by atoms with Gasteiger partial charge in [0.15, 0.2) is 0 Å². The zero-order chi connectivity index (χ0) is 8.73. The summed E-state index contributed by atoms with van der Waals surface area (Å²) in [4.78, 5) is 27.4. The highest BCUT2D eigenvalue weighted by atomic mass is 16.4. The maximum Gasteiger partial charge on any atom is 0.414 e. The second-order valence-electron chi connectivity index (χ2n) is 1.22. The van der Waals surface area contributed by atoms with Crippen LogP contribution in [0.5, 0.6) is 0 Å². The predicted octanol–water partition coefficient (Wildman–Crippen LogP) is -2.18. The number of nitrogens with two attached hydrogens (primary N) is 1. The van der Waals surface area contributed by atoms with Crippen molar-refractivity contribution in [2.75, 3.05) is 0 Å². The van der Waals surface area contributed by atoms with Crippen LogP contribution in [-0.2, 0) is 14.4 Å². The second kappa shape index (κ2) is 8.37. The molecule has 0 rings (SSSR count). The minimum atomic E-state index is -1.82. The van der Waals surface area contributed by atoms with E-state index >= 15 is 0 Å². The normalized spacial score (nSPS) is 6.27. The predicted molar refractivity (Wildman–Crippen MR) is 33.8 cm³/mol. The lowest BCUT2D eigenvalue weighted by atomic mass is 10.7. The van der Waals surface area contributed by atoms with Crippen molar-refractivity contribution in [3.63, 3.8) is 0 Å². The van der Waals surface area contributed by atoms with E-state index in [0.29, 0.717) is 0 Å². The van der Waals surface area contributed by atoms with Gasteiger partial charge in [-0.2, -0.15) is 0 Å². The summed E-state index contributed by atoms with van der Waals surface area (Å²) in [6.45, 7) is 1.31. The molecule has 0 saturated carbocycles. The van der Waals surface area contributed by atoms with Crippen LogP contribution >= 0.6 is 0 Å². The number of carboxylic acid groups (broad SMARTS) is 2. The Labute approximate surface area is 61.7 Å². The first-order chi connectivity index (χ1) is 4.37. The van der Waals surface area contributed by atoms with Crippen molar-refractivity contribution in [2.24, 2.45) is 5.73 Å². The summed E-state index contributed by atoms with van der Waals surface area (Å²) in [5.74, 6) is -3.98. The first-order valence-electron chi connectivity index (χ1n) is 2.10. The molecule has 7 heteroatoms. The molecule has 0 radical (unpaired) electrons. The largest absolute Gasteiger partial charge is 0.473 e. The lowest BCUT2D eigenvalue weighted by Crippen LogP contribution is -2.09. The van der Waals surface area contributed by atoms with E-state index in [1.54, 1.807) is 0 Å². The average molecular weight is 167 g/mol. The number of amides is 1. The average Bonchev–Trinajstić information content (AvgIpc) is 1.63. The van der Waals surface area contributed by atoms with E-state index in [-0.39, 0.29) is 11.4 Å². The summed E-state index contributed by atoms with van der Waals surface area (Å²) in [5, 5.41) is 14.8. The molecule has 11 heavy (non-hydrogen) atoms. The second-order valence-corrected chi connectivity index (χ2v) is 1.22. The van der Waals surface area contributed by atoms with Gasteiger partial charge in [0.05, 0.1) is 0 Å². The molecule has 0 bridgehead atoms. The smallest absolute Gasteiger partial charge is 0.414 e. The number of carbonyl (C=O) groups excluding carboxylic acids is 1. The molecule has 0 aliphatic carbocycles. The minimum absolute atomic E-state index is 0. The van der Waals surface area contributed by atoms with Gasteiger partial charge in [-0.3, -0.25) is 4.79 Å². The number of hydrogen-bond acceptors (Lipinski definition) is 3. The van der Waals surface area contributed by atoms with E-state index in [1.165, 1.54) is 6.92 Å². The Morgan fingerprint density at radius 2 is 1.18 bits per heavy atom. The van der Waals surface area contributed by atoms with Crippen LogP contribution in [0, 0.1) is 0 Å². The fourth-order valence-corrected chi connectivity index (χ4v) is 0. The van der Waals surface area contributed by atoms with Crippen molar-refractivity contribution in [1.29, 1.82) is 0 Å². The summed E-state index contributed by atoms with van der Waals surface area (Å²) in [7, 11) is 0. The Balaban J connectivity index is -0.000000114. The molecule has 0 heterocycles. The highest BCUT2D eigenvalue weighted by Crippen LogP contribution is 1.56. The van der Waals surface area contributed by atoms with Gasteiger partial charge in [-0.25, -0.2) is 9.59 Å². The van der Waals surface area contributed by atoms with Crippen molar-refractivity contribution in [2.45, 2.75) is 6.92 Å². The van der Waals surface area contributed by atoms with Gasteiger partial charge in [0.25, 0.3) is 0 Å². The number of aliphatic carboxylic acids is 2. The third kappa shape index (κ3) is 60.5. The Bertz CT molecular complexity index is 137. The highest BCUT2D eigenvalue weighted by Gasteiger charge is 2.04. The van der Waals surface area contributed by atoms with E-state index in [4.69, 9.17) is 19.8 Å². The molecule has 1 amide bonds. The van der Waals surface area contributed by atoms with Crippen LogP contribution in [-0.4, -0.2) is 33.5 Å². The molecule has 66 valence electrons. The summed E-state index contributed by atoms with van der Waals surface area (Å²) >= 11 is 0. The van der Waals surface area contributed by atoms with Crippen LogP contribution in [0.3, 0.4) is 0 Å². The number of rotatable bonds is 0. The van der Waals surface area contributed by atoms with E-state index in [9.17, 15) is 4.79 Å². The van der Waals surface area contributed by atoms with Gasteiger partial charge in [0.1, 0.15) is 0 Å². The topological polar surface area (TPSA) is 149 Å². The fourth-order valence-electron chi connectivity index (χ4n) is 0. The van der Waals surface area contributed by atoms with Gasteiger partial charge in [-0.1, -0.05) is 0 Å². The van der Waals surface area contributed by atoms with Gasteiger partial charge in [-0.05, 0) is 0 Å². The van der Waals surface area contributed by atoms with Crippen molar-refractivity contribution >= 4 is 17.8 Å². The number of carbonyl (C=O) groups is 3. The molecule has 0 aromatic rings. The summed E-state index contributed by atoms with van der Waals surface area (Å²) < 4.78 is 0. The molecule has 0 aliphatic heterocycles. The molecular weight excluding hydrogens is 158 g/mol. The molecule has 6 N–H and O–H groups in total. The first-order valence-corrected chi connectivity index (χ1v) is 2.10. The molecule has 0 saturated heterocycles. The number of hydrogen-bond donors (Lipinski definition) is 3. The molecule has 0 aromatic carbocycles. The molecule has 7 nitrogen and oxygen atoms in total. The molecule has 0 aromatic heterocycles. The van der Waals surface area contributed by atoms with Gasteiger partial charge in [0, 0.05) is 6.92 Å². The van der Waals surface area contributed by atoms with Crippen LogP contribution in [0.15, 0.2) is 0 Å². The van der Waals surface area contributed by atoms with Crippen LogP contribution in [0.2, 0.25) is 0 Å². The third-order valence-electron chi connectivity index (χ3n) is 0.183. The molecular formula is C4H9NO6. The molecule has 0 unspecified atom stereocenters. The number of carboxylic acids is 2. The van der Waals surface area contributed by atoms with Gasteiger partial charge < -0.3 is 21.4 Å². The SMILES string of the molecule is CC(N)=O.O.O=C(O)C(=O)O. The lowest BCUT2D eigenvalue weighted by molar-refractivity contribution is -0.159. The summed E-state index contributed by atoms with van der Waals surface area (Å²) in [5.41, 5.74) is 4.47. The molecule has 0 spiro atoms. The molecule has 0 fully saturated rings. The lowest BCUT2D eigenvalue weighted by Gasteiger charge is -1.72. The first kappa shape index (κ1) is 16.2. The molecule has 0 atom stereocenters. The summed E-state index contributed by atoms with van der Waals surface area (Å²) in [6, 6.07) is 0. The van der Waals surface area contributed by atoms with Crippen molar-refractivity contribution in [1.82, 2.24) is 0 Å². The highest BCUT2D eigenvalue weighted by molar-refractivity contribution is 6.27.